The third kappa shape index (κ3) is 5.48. The summed E-state index contributed by atoms with van der Waals surface area (Å²) in [5.41, 5.74) is 2.31. The Labute approximate surface area is 172 Å². The lowest BCUT2D eigenvalue weighted by molar-refractivity contribution is -0.118. The summed E-state index contributed by atoms with van der Waals surface area (Å²) >= 11 is 0. The van der Waals surface area contributed by atoms with Gasteiger partial charge in [0.15, 0.2) is 6.61 Å². The van der Waals surface area contributed by atoms with Gasteiger partial charge in [-0.1, -0.05) is 26.0 Å². The Morgan fingerprint density at radius 2 is 1.79 bits per heavy atom. The van der Waals surface area contributed by atoms with Gasteiger partial charge in [0.1, 0.15) is 11.5 Å². The van der Waals surface area contributed by atoms with Crippen LogP contribution in [0.3, 0.4) is 0 Å². The standard InChI is InChI=1S/C21H28N2O5S/c1-14(2)17-9-7-15(3)11-20(17)28-13-21(24)22-18-12-16(8-10-19(18)27-6)29(25,26)23(4)5/h7-12,14H,13H2,1-6H3,(H,22,24). The van der Waals surface area contributed by atoms with Crippen molar-refractivity contribution in [3.8, 4) is 11.5 Å². The molecule has 1 amide bonds. The van der Waals surface area contributed by atoms with Crippen LogP contribution in [-0.4, -0.2) is 46.4 Å². The molecule has 2 aromatic carbocycles. The van der Waals surface area contributed by atoms with E-state index in [9.17, 15) is 13.2 Å². The van der Waals surface area contributed by atoms with E-state index < -0.39 is 15.9 Å². The summed E-state index contributed by atoms with van der Waals surface area (Å²) in [5, 5.41) is 2.67. The highest BCUT2D eigenvalue weighted by Crippen LogP contribution is 2.29. The van der Waals surface area contributed by atoms with Crippen LogP contribution in [0.25, 0.3) is 0 Å². The molecule has 2 rings (SSSR count). The van der Waals surface area contributed by atoms with Crippen molar-refractivity contribution < 1.29 is 22.7 Å². The minimum Gasteiger partial charge on any atom is -0.495 e. The van der Waals surface area contributed by atoms with Crippen LogP contribution in [0.5, 0.6) is 11.5 Å². The molecule has 0 heterocycles. The average molecular weight is 421 g/mol. The fraction of sp³-hybridized carbons (Fsp3) is 0.381. The number of aryl methyl sites for hydroxylation is 1. The SMILES string of the molecule is COc1ccc(S(=O)(=O)N(C)C)cc1NC(=O)COc1cc(C)ccc1C(C)C. The zero-order chi connectivity index (χ0) is 21.8. The molecular formula is C21H28N2O5S. The zero-order valence-electron chi connectivity index (χ0n) is 17.6. The summed E-state index contributed by atoms with van der Waals surface area (Å²) in [6, 6.07) is 10.2. The molecule has 0 unspecified atom stereocenters. The fourth-order valence-corrected chi connectivity index (χ4v) is 3.66. The van der Waals surface area contributed by atoms with Crippen LogP contribution in [0.1, 0.15) is 30.9 Å². The summed E-state index contributed by atoms with van der Waals surface area (Å²) in [7, 11) is 0.696. The van der Waals surface area contributed by atoms with Crippen LogP contribution in [0.15, 0.2) is 41.3 Å². The molecule has 0 saturated carbocycles. The largest absolute Gasteiger partial charge is 0.495 e. The molecule has 0 aliphatic heterocycles. The van der Waals surface area contributed by atoms with Gasteiger partial charge >= 0.3 is 0 Å². The van der Waals surface area contributed by atoms with E-state index in [0.29, 0.717) is 11.5 Å². The van der Waals surface area contributed by atoms with E-state index in [4.69, 9.17) is 9.47 Å². The monoisotopic (exact) mass is 420 g/mol. The Morgan fingerprint density at radius 1 is 1.10 bits per heavy atom. The number of methoxy groups -OCH3 is 1. The number of carbonyl (C=O) groups excluding carboxylic acids is 1. The number of amides is 1. The first-order valence-corrected chi connectivity index (χ1v) is 10.6. The number of nitrogens with one attached hydrogen (secondary N) is 1. The molecule has 8 heteroatoms. The van der Waals surface area contributed by atoms with Crippen LogP contribution in [0.4, 0.5) is 5.69 Å². The van der Waals surface area contributed by atoms with Gasteiger partial charge in [-0.05, 0) is 48.2 Å². The average Bonchev–Trinajstić information content (AvgIpc) is 2.65. The highest BCUT2D eigenvalue weighted by atomic mass is 32.2. The van der Waals surface area contributed by atoms with Gasteiger partial charge in [0, 0.05) is 14.1 Å². The van der Waals surface area contributed by atoms with Crippen molar-refractivity contribution in [2.75, 3.05) is 33.1 Å². The lowest BCUT2D eigenvalue weighted by atomic mass is 10.0. The van der Waals surface area contributed by atoms with E-state index in [2.05, 4.69) is 19.2 Å². The highest BCUT2D eigenvalue weighted by molar-refractivity contribution is 7.89. The summed E-state index contributed by atoms with van der Waals surface area (Å²) in [6.07, 6.45) is 0. The number of benzene rings is 2. The Hall–Kier alpha value is -2.58. The predicted molar refractivity (Wildman–Crippen MR) is 113 cm³/mol. The van der Waals surface area contributed by atoms with Crippen LogP contribution in [-0.2, 0) is 14.8 Å². The van der Waals surface area contributed by atoms with Gasteiger partial charge in [-0.15, -0.1) is 0 Å². The quantitative estimate of drug-likeness (QED) is 0.708. The summed E-state index contributed by atoms with van der Waals surface area (Å²) in [5.74, 6) is 0.848. The minimum absolute atomic E-state index is 0.0558. The predicted octanol–water partition coefficient (Wildman–Crippen LogP) is 3.39. The molecule has 0 spiro atoms. The second-order valence-electron chi connectivity index (χ2n) is 7.18. The number of hydrogen-bond acceptors (Lipinski definition) is 5. The Kier molecular flexibility index (Phi) is 7.26. The van der Waals surface area contributed by atoms with E-state index in [-0.39, 0.29) is 23.1 Å². The normalized spacial score (nSPS) is 11.6. The van der Waals surface area contributed by atoms with Crippen molar-refractivity contribution in [1.29, 1.82) is 0 Å². The van der Waals surface area contributed by atoms with Gasteiger partial charge in [0.05, 0.1) is 17.7 Å². The van der Waals surface area contributed by atoms with Crippen molar-refractivity contribution >= 4 is 21.6 Å². The Bertz CT molecular complexity index is 985. The van der Waals surface area contributed by atoms with Crippen LogP contribution in [0, 0.1) is 6.92 Å². The topological polar surface area (TPSA) is 84.9 Å². The third-order valence-corrected chi connectivity index (χ3v) is 6.18. The smallest absolute Gasteiger partial charge is 0.262 e. The van der Waals surface area contributed by atoms with Crippen molar-refractivity contribution in [1.82, 2.24) is 4.31 Å². The molecule has 0 aromatic heterocycles. The van der Waals surface area contributed by atoms with Crippen LogP contribution in [0.2, 0.25) is 0 Å². The van der Waals surface area contributed by atoms with Gasteiger partial charge in [-0.2, -0.15) is 0 Å². The van der Waals surface area contributed by atoms with Gasteiger partial charge in [0.25, 0.3) is 5.91 Å². The molecule has 0 saturated heterocycles. The molecule has 0 aliphatic carbocycles. The fourth-order valence-electron chi connectivity index (χ4n) is 2.73. The first-order chi connectivity index (χ1) is 13.6. The molecule has 7 nitrogen and oxygen atoms in total. The molecule has 158 valence electrons. The Morgan fingerprint density at radius 3 is 2.38 bits per heavy atom. The molecule has 0 atom stereocenters. The summed E-state index contributed by atoms with van der Waals surface area (Å²) in [6.45, 7) is 5.86. The van der Waals surface area contributed by atoms with Gasteiger partial charge in [-0.3, -0.25) is 4.79 Å². The van der Waals surface area contributed by atoms with Crippen LogP contribution < -0.4 is 14.8 Å². The molecule has 0 bridgehead atoms. The highest BCUT2D eigenvalue weighted by Gasteiger charge is 2.20. The van der Waals surface area contributed by atoms with Crippen molar-refractivity contribution in [3.63, 3.8) is 0 Å². The third-order valence-electron chi connectivity index (χ3n) is 4.37. The Balaban J connectivity index is 2.20. The first-order valence-electron chi connectivity index (χ1n) is 9.20. The van der Waals surface area contributed by atoms with E-state index in [1.807, 2.05) is 25.1 Å². The second-order valence-corrected chi connectivity index (χ2v) is 9.33. The maximum absolute atomic E-state index is 12.5. The molecule has 0 fully saturated rings. The van der Waals surface area contributed by atoms with Gasteiger partial charge in [0.2, 0.25) is 10.0 Å². The lowest BCUT2D eigenvalue weighted by Gasteiger charge is -2.16. The molecular weight excluding hydrogens is 392 g/mol. The van der Waals surface area contributed by atoms with Crippen molar-refractivity contribution in [2.45, 2.75) is 31.6 Å². The number of sulfonamides is 1. The number of nitrogens with zero attached hydrogens (tertiary/aromatic N) is 1. The molecule has 0 radical (unpaired) electrons. The van der Waals surface area contributed by atoms with Crippen molar-refractivity contribution in [3.05, 3.63) is 47.5 Å². The maximum atomic E-state index is 12.5. The molecule has 2 aromatic rings. The van der Waals surface area contributed by atoms with E-state index >= 15 is 0 Å². The number of anilines is 1. The summed E-state index contributed by atoms with van der Waals surface area (Å²) in [4.78, 5) is 12.5. The number of hydrogen-bond donors (Lipinski definition) is 1. The second kappa shape index (κ2) is 9.28. The summed E-state index contributed by atoms with van der Waals surface area (Å²) < 4.78 is 36.8. The van der Waals surface area contributed by atoms with Gasteiger partial charge < -0.3 is 14.8 Å². The van der Waals surface area contributed by atoms with E-state index in [1.165, 1.54) is 39.4 Å². The lowest BCUT2D eigenvalue weighted by Crippen LogP contribution is -2.23. The van der Waals surface area contributed by atoms with Crippen molar-refractivity contribution in [2.24, 2.45) is 0 Å². The van der Waals surface area contributed by atoms with E-state index in [0.717, 1.165) is 15.4 Å². The number of carbonyl (C=O) groups is 1. The molecule has 1 N–H and O–H groups in total. The maximum Gasteiger partial charge on any atom is 0.262 e. The first kappa shape index (κ1) is 22.7. The number of rotatable bonds is 8. The minimum atomic E-state index is -3.64. The zero-order valence-corrected chi connectivity index (χ0v) is 18.5. The molecule has 0 aliphatic rings. The molecule has 29 heavy (non-hydrogen) atoms. The van der Waals surface area contributed by atoms with Crippen LogP contribution >= 0.6 is 0 Å². The van der Waals surface area contributed by atoms with E-state index in [1.54, 1.807) is 0 Å². The van der Waals surface area contributed by atoms with Gasteiger partial charge in [-0.25, -0.2) is 12.7 Å². The number of ether oxygens (including phenoxy) is 2.